The molecular formula is C11H13N2OP. The Balaban J connectivity index is 2.48. The van der Waals surface area contributed by atoms with Crippen LogP contribution in [-0.2, 0) is 0 Å². The zero-order valence-electron chi connectivity index (χ0n) is 8.58. The molecule has 15 heavy (non-hydrogen) atoms. The molecule has 1 N–H and O–H groups in total. The molecule has 1 aliphatic carbocycles. The third-order valence-electron chi connectivity index (χ3n) is 2.93. The normalized spacial score (nSPS) is 17.1. The maximum Gasteiger partial charge on any atom is 0.191 e. The Bertz CT molecular complexity index is 482. The van der Waals surface area contributed by atoms with Crippen LogP contribution in [0.15, 0.2) is 11.0 Å². The zero-order chi connectivity index (χ0) is 11.0. The Hall–Kier alpha value is -1.13. The second-order valence-corrected chi connectivity index (χ2v) is 4.68. The molecule has 1 aromatic rings. The number of hydrogen-bond acceptors (Lipinski definition) is 2. The van der Waals surface area contributed by atoms with E-state index in [0.29, 0.717) is 16.8 Å². The van der Waals surface area contributed by atoms with Crippen LogP contribution < -0.4 is 10.7 Å². The molecule has 1 saturated carbocycles. The molecule has 0 aromatic carbocycles. The predicted octanol–water partition coefficient (Wildman–Crippen LogP) is 1.20. The van der Waals surface area contributed by atoms with Crippen molar-refractivity contribution in [2.75, 3.05) is 0 Å². The molecule has 1 heterocycles. The van der Waals surface area contributed by atoms with Gasteiger partial charge in [-0.15, -0.1) is 0 Å². The van der Waals surface area contributed by atoms with Gasteiger partial charge in [0, 0.05) is 22.8 Å². The smallest absolute Gasteiger partial charge is 0.191 e. The van der Waals surface area contributed by atoms with Gasteiger partial charge >= 0.3 is 0 Å². The summed E-state index contributed by atoms with van der Waals surface area (Å²) in [6.45, 7) is 1.79. The topological polar surface area (TPSA) is 56.6 Å². The Morgan fingerprint density at radius 1 is 1.67 bits per heavy atom. The van der Waals surface area contributed by atoms with E-state index in [1.807, 2.05) is 0 Å². The van der Waals surface area contributed by atoms with Gasteiger partial charge in [-0.2, -0.15) is 5.26 Å². The summed E-state index contributed by atoms with van der Waals surface area (Å²) in [6.07, 6.45) is 3.87. The third kappa shape index (κ3) is 1.82. The quantitative estimate of drug-likeness (QED) is 0.761. The van der Waals surface area contributed by atoms with Crippen LogP contribution in [-0.4, -0.2) is 4.98 Å². The lowest BCUT2D eigenvalue weighted by Crippen LogP contribution is -2.24. The van der Waals surface area contributed by atoms with Gasteiger partial charge in [0.2, 0.25) is 0 Å². The summed E-state index contributed by atoms with van der Waals surface area (Å²) >= 11 is 0. The van der Waals surface area contributed by atoms with Crippen LogP contribution in [0.25, 0.3) is 0 Å². The molecule has 0 bridgehead atoms. The van der Waals surface area contributed by atoms with Crippen molar-refractivity contribution in [1.29, 1.82) is 5.26 Å². The second kappa shape index (κ2) is 3.79. The van der Waals surface area contributed by atoms with Crippen LogP contribution in [0.4, 0.5) is 0 Å². The van der Waals surface area contributed by atoms with Gasteiger partial charge in [0.15, 0.2) is 5.43 Å². The fourth-order valence-electron chi connectivity index (χ4n) is 1.83. The van der Waals surface area contributed by atoms with Crippen LogP contribution in [0.5, 0.6) is 0 Å². The van der Waals surface area contributed by atoms with Crippen molar-refractivity contribution < 1.29 is 0 Å². The molecule has 0 saturated heterocycles. The maximum atomic E-state index is 11.7. The molecule has 3 nitrogen and oxygen atoms in total. The molecule has 2 unspecified atom stereocenters. The minimum atomic E-state index is -0.136. The highest BCUT2D eigenvalue weighted by atomic mass is 31.0. The first-order valence-corrected chi connectivity index (χ1v) is 5.60. The molecule has 0 radical (unpaired) electrons. The number of nitrogens with one attached hydrogen (secondary N) is 1. The van der Waals surface area contributed by atoms with Gasteiger partial charge in [0.25, 0.3) is 0 Å². The number of nitrogens with zero attached hydrogens (tertiary/aromatic N) is 1. The molecular weight excluding hydrogens is 207 g/mol. The first kappa shape index (κ1) is 10.4. The fourth-order valence-corrected chi connectivity index (χ4v) is 2.13. The molecule has 78 valence electrons. The van der Waals surface area contributed by atoms with Gasteiger partial charge in [-0.1, -0.05) is 9.24 Å². The van der Waals surface area contributed by atoms with E-state index in [0.717, 1.165) is 18.5 Å². The van der Waals surface area contributed by atoms with E-state index < -0.39 is 0 Å². The van der Waals surface area contributed by atoms with E-state index >= 15 is 0 Å². The predicted molar refractivity (Wildman–Crippen MR) is 62.2 cm³/mol. The Morgan fingerprint density at radius 3 is 2.87 bits per heavy atom. The van der Waals surface area contributed by atoms with E-state index in [1.165, 1.54) is 0 Å². The van der Waals surface area contributed by atoms with Gasteiger partial charge in [-0.3, -0.25) is 4.79 Å². The number of aromatic nitrogens is 1. The molecule has 1 aliphatic rings. The van der Waals surface area contributed by atoms with Crippen molar-refractivity contribution in [3.63, 3.8) is 0 Å². The Morgan fingerprint density at radius 2 is 2.33 bits per heavy atom. The number of H-pyrrole nitrogens is 1. The van der Waals surface area contributed by atoms with Gasteiger partial charge in [0.1, 0.15) is 0 Å². The minimum absolute atomic E-state index is 0.0228. The molecule has 1 fully saturated rings. The zero-order valence-corrected chi connectivity index (χ0v) is 9.73. The number of nitriles is 1. The van der Waals surface area contributed by atoms with E-state index in [1.54, 1.807) is 13.1 Å². The third-order valence-corrected chi connectivity index (χ3v) is 3.36. The highest BCUT2D eigenvalue weighted by Gasteiger charge is 2.34. The summed E-state index contributed by atoms with van der Waals surface area (Å²) in [7, 11) is 2.40. The Labute approximate surface area is 90.7 Å². The average Bonchev–Trinajstić information content (AvgIpc) is 3.03. The van der Waals surface area contributed by atoms with Gasteiger partial charge < -0.3 is 4.98 Å². The number of rotatable bonds is 2. The lowest BCUT2D eigenvalue weighted by Gasteiger charge is -2.11. The summed E-state index contributed by atoms with van der Waals surface area (Å²) in [6, 6.07) is 2.29. The van der Waals surface area contributed by atoms with Gasteiger partial charge in [-0.05, 0) is 25.7 Å². The van der Waals surface area contributed by atoms with Crippen molar-refractivity contribution >= 4 is 14.5 Å². The van der Waals surface area contributed by atoms with Crippen molar-refractivity contribution in [2.24, 2.45) is 5.92 Å². The Kier molecular flexibility index (Phi) is 2.63. The van der Waals surface area contributed by atoms with E-state index in [4.69, 9.17) is 5.26 Å². The highest BCUT2D eigenvalue weighted by molar-refractivity contribution is 7.27. The lowest BCUT2D eigenvalue weighted by molar-refractivity contribution is 0.710. The molecule has 1 aromatic heterocycles. The van der Waals surface area contributed by atoms with Gasteiger partial charge in [0.05, 0.1) is 12.0 Å². The summed E-state index contributed by atoms with van der Waals surface area (Å²) < 4.78 is 0. The van der Waals surface area contributed by atoms with Gasteiger partial charge in [-0.25, -0.2) is 0 Å². The summed E-state index contributed by atoms with van der Waals surface area (Å²) in [5, 5.41) is 9.73. The fraction of sp³-hybridized carbons (Fsp3) is 0.455. The monoisotopic (exact) mass is 220 g/mol. The number of hydrogen-bond donors (Lipinski definition) is 1. The number of pyridine rings is 1. The van der Waals surface area contributed by atoms with Crippen LogP contribution in [0.2, 0.25) is 0 Å². The minimum Gasteiger partial charge on any atom is -0.363 e. The van der Waals surface area contributed by atoms with Crippen molar-refractivity contribution in [2.45, 2.75) is 25.7 Å². The lowest BCUT2D eigenvalue weighted by atomic mass is 9.97. The summed E-state index contributed by atoms with van der Waals surface area (Å²) in [4.78, 5) is 14.8. The van der Waals surface area contributed by atoms with E-state index in [-0.39, 0.29) is 11.3 Å². The first-order chi connectivity index (χ1) is 7.15. The summed E-state index contributed by atoms with van der Waals surface area (Å²) in [5.74, 6) is 0.308. The molecule has 0 amide bonds. The van der Waals surface area contributed by atoms with Crippen molar-refractivity contribution in [1.82, 2.24) is 4.98 Å². The highest BCUT2D eigenvalue weighted by Crippen LogP contribution is 2.41. The average molecular weight is 220 g/mol. The SMILES string of the molecule is Cc1c(C(C#N)C2CC2)[nH]cc(P)c1=O. The molecule has 0 aliphatic heterocycles. The van der Waals surface area contributed by atoms with Crippen LogP contribution >= 0.6 is 9.24 Å². The number of aromatic amines is 1. The molecule has 2 atom stereocenters. The molecule has 0 spiro atoms. The largest absolute Gasteiger partial charge is 0.363 e. The molecule has 4 heteroatoms. The van der Waals surface area contributed by atoms with Crippen LogP contribution in [0, 0.1) is 24.2 Å². The molecule has 2 rings (SSSR count). The van der Waals surface area contributed by atoms with E-state index in [9.17, 15) is 4.79 Å². The second-order valence-electron chi connectivity index (χ2n) is 4.06. The van der Waals surface area contributed by atoms with Crippen LogP contribution in [0.1, 0.15) is 30.0 Å². The van der Waals surface area contributed by atoms with Crippen molar-refractivity contribution in [3.8, 4) is 6.07 Å². The summed E-state index contributed by atoms with van der Waals surface area (Å²) in [5.41, 5.74) is 1.51. The standard InChI is InChI=1S/C11H13N2OP/c1-6-10(8(4-12)7-2-3-7)13-5-9(15)11(6)14/h5,7-8H,2-3,15H2,1H3,(H,13,14). The van der Waals surface area contributed by atoms with Crippen molar-refractivity contribution in [3.05, 3.63) is 27.7 Å². The first-order valence-electron chi connectivity index (χ1n) is 5.02. The van der Waals surface area contributed by atoms with E-state index in [2.05, 4.69) is 20.3 Å². The maximum absolute atomic E-state index is 11.7. The van der Waals surface area contributed by atoms with Crippen LogP contribution in [0.3, 0.4) is 0 Å².